The molecule has 5 nitrogen and oxygen atoms in total. The lowest BCUT2D eigenvalue weighted by Gasteiger charge is -2.10. The Labute approximate surface area is 149 Å². The van der Waals surface area contributed by atoms with Crippen molar-refractivity contribution in [1.82, 2.24) is 9.78 Å². The Morgan fingerprint density at radius 3 is 2.52 bits per heavy atom. The highest BCUT2D eigenvalue weighted by atomic mass is 35.5. The SMILES string of the molecule is Cc1ccccc1NC(=O)Cn1nc(-c2ccc(Cl)cc2)ccc1=O. The molecule has 1 amide bonds. The van der Waals surface area contributed by atoms with Crippen LogP contribution in [0.1, 0.15) is 5.56 Å². The highest BCUT2D eigenvalue weighted by Gasteiger charge is 2.09. The summed E-state index contributed by atoms with van der Waals surface area (Å²) in [5.41, 5.74) is 2.75. The minimum absolute atomic E-state index is 0.158. The van der Waals surface area contributed by atoms with E-state index in [4.69, 9.17) is 11.6 Å². The number of aromatic nitrogens is 2. The summed E-state index contributed by atoms with van der Waals surface area (Å²) >= 11 is 5.89. The second-order valence-electron chi connectivity index (χ2n) is 5.58. The van der Waals surface area contributed by atoms with E-state index in [2.05, 4.69) is 10.4 Å². The number of anilines is 1. The minimum atomic E-state index is -0.336. The number of amides is 1. The Bertz CT molecular complexity index is 965. The molecule has 0 fully saturated rings. The molecule has 2 aromatic carbocycles. The van der Waals surface area contributed by atoms with E-state index in [1.54, 1.807) is 18.2 Å². The number of hydrogen-bond donors (Lipinski definition) is 1. The summed E-state index contributed by atoms with van der Waals surface area (Å²) in [6.07, 6.45) is 0. The first kappa shape index (κ1) is 16.9. The van der Waals surface area contributed by atoms with Gasteiger partial charge in [0.15, 0.2) is 0 Å². The van der Waals surface area contributed by atoms with Crippen LogP contribution in [0, 0.1) is 6.92 Å². The standard InChI is InChI=1S/C19H16ClN3O2/c1-13-4-2-3-5-16(13)21-18(24)12-23-19(25)11-10-17(22-23)14-6-8-15(20)9-7-14/h2-11H,12H2,1H3,(H,21,24). The number of nitrogens with zero attached hydrogens (tertiary/aromatic N) is 2. The number of aryl methyl sites for hydroxylation is 1. The number of nitrogens with one attached hydrogen (secondary N) is 1. The van der Waals surface area contributed by atoms with Gasteiger partial charge in [-0.25, -0.2) is 4.68 Å². The van der Waals surface area contributed by atoms with Crippen LogP contribution in [-0.4, -0.2) is 15.7 Å². The molecule has 0 atom stereocenters. The van der Waals surface area contributed by atoms with Crippen molar-refractivity contribution in [2.45, 2.75) is 13.5 Å². The minimum Gasteiger partial charge on any atom is -0.324 e. The van der Waals surface area contributed by atoms with E-state index in [1.807, 2.05) is 43.3 Å². The third-order valence-corrected chi connectivity index (χ3v) is 3.97. The Hall–Kier alpha value is -2.92. The van der Waals surface area contributed by atoms with E-state index in [-0.39, 0.29) is 18.0 Å². The predicted octanol–water partition coefficient (Wildman–Crippen LogP) is 3.51. The van der Waals surface area contributed by atoms with Gasteiger partial charge < -0.3 is 5.32 Å². The zero-order chi connectivity index (χ0) is 17.8. The van der Waals surface area contributed by atoms with Crippen LogP contribution >= 0.6 is 11.6 Å². The van der Waals surface area contributed by atoms with Gasteiger partial charge in [0.2, 0.25) is 5.91 Å². The molecule has 3 rings (SSSR count). The molecule has 0 saturated heterocycles. The predicted molar refractivity (Wildman–Crippen MR) is 98.8 cm³/mol. The molecule has 0 aliphatic heterocycles. The molecule has 1 heterocycles. The van der Waals surface area contributed by atoms with Crippen molar-refractivity contribution in [3.8, 4) is 11.3 Å². The number of carbonyl (C=O) groups is 1. The largest absolute Gasteiger partial charge is 0.324 e. The lowest BCUT2D eigenvalue weighted by molar-refractivity contribution is -0.117. The maximum Gasteiger partial charge on any atom is 0.267 e. The fourth-order valence-electron chi connectivity index (χ4n) is 2.38. The van der Waals surface area contributed by atoms with Crippen molar-refractivity contribution in [1.29, 1.82) is 0 Å². The average Bonchev–Trinajstić information content (AvgIpc) is 2.60. The van der Waals surface area contributed by atoms with Crippen LogP contribution in [0.4, 0.5) is 5.69 Å². The van der Waals surface area contributed by atoms with E-state index in [1.165, 1.54) is 6.07 Å². The van der Waals surface area contributed by atoms with Crippen LogP contribution in [0.25, 0.3) is 11.3 Å². The van der Waals surface area contributed by atoms with Gasteiger partial charge in [-0.2, -0.15) is 5.10 Å². The molecule has 0 unspecified atom stereocenters. The van der Waals surface area contributed by atoms with Crippen LogP contribution in [0.5, 0.6) is 0 Å². The maximum absolute atomic E-state index is 12.3. The molecule has 0 aliphatic rings. The molecule has 0 saturated carbocycles. The average molecular weight is 354 g/mol. The molecule has 0 radical (unpaired) electrons. The third kappa shape index (κ3) is 4.14. The summed E-state index contributed by atoms with van der Waals surface area (Å²) in [7, 11) is 0. The summed E-state index contributed by atoms with van der Waals surface area (Å²) in [5, 5.41) is 7.69. The zero-order valence-corrected chi connectivity index (χ0v) is 14.3. The molecule has 0 aliphatic carbocycles. The molecule has 6 heteroatoms. The van der Waals surface area contributed by atoms with Gasteiger partial charge in [-0.15, -0.1) is 0 Å². The van der Waals surface area contributed by atoms with Gasteiger partial charge in [-0.1, -0.05) is 41.9 Å². The van der Waals surface area contributed by atoms with Crippen LogP contribution < -0.4 is 10.9 Å². The molecule has 1 N–H and O–H groups in total. The Morgan fingerprint density at radius 2 is 1.80 bits per heavy atom. The third-order valence-electron chi connectivity index (χ3n) is 3.72. The molecule has 126 valence electrons. The summed E-state index contributed by atoms with van der Waals surface area (Å²) in [4.78, 5) is 24.3. The van der Waals surface area contributed by atoms with Gasteiger partial charge in [0.1, 0.15) is 6.54 Å². The Balaban J connectivity index is 1.81. The Morgan fingerprint density at radius 1 is 1.08 bits per heavy atom. The number of halogens is 1. The van der Waals surface area contributed by atoms with Crippen molar-refractivity contribution in [3.05, 3.63) is 81.6 Å². The van der Waals surface area contributed by atoms with Crippen LogP contribution in [0.15, 0.2) is 65.5 Å². The molecule has 1 aromatic heterocycles. The first-order valence-corrected chi connectivity index (χ1v) is 8.10. The van der Waals surface area contributed by atoms with Crippen LogP contribution in [-0.2, 0) is 11.3 Å². The van der Waals surface area contributed by atoms with Crippen molar-refractivity contribution in [2.24, 2.45) is 0 Å². The quantitative estimate of drug-likeness (QED) is 0.780. The van der Waals surface area contributed by atoms with E-state index in [0.29, 0.717) is 10.7 Å². The van der Waals surface area contributed by atoms with Crippen molar-refractivity contribution >= 4 is 23.2 Å². The number of carbonyl (C=O) groups excluding carboxylic acids is 1. The molecule has 25 heavy (non-hydrogen) atoms. The lowest BCUT2D eigenvalue weighted by Crippen LogP contribution is -2.29. The fraction of sp³-hybridized carbons (Fsp3) is 0.105. The highest BCUT2D eigenvalue weighted by molar-refractivity contribution is 6.30. The topological polar surface area (TPSA) is 64.0 Å². The van der Waals surface area contributed by atoms with E-state index >= 15 is 0 Å². The van der Waals surface area contributed by atoms with Gasteiger partial charge >= 0.3 is 0 Å². The smallest absolute Gasteiger partial charge is 0.267 e. The van der Waals surface area contributed by atoms with Crippen molar-refractivity contribution in [3.63, 3.8) is 0 Å². The summed E-state index contributed by atoms with van der Waals surface area (Å²) in [5.74, 6) is -0.308. The monoisotopic (exact) mass is 353 g/mol. The maximum atomic E-state index is 12.3. The van der Waals surface area contributed by atoms with Gasteiger partial charge in [-0.05, 0) is 36.8 Å². The molecular formula is C19H16ClN3O2. The van der Waals surface area contributed by atoms with Crippen LogP contribution in [0.2, 0.25) is 5.02 Å². The van der Waals surface area contributed by atoms with Gasteiger partial charge in [0.05, 0.1) is 5.69 Å². The molecule has 0 spiro atoms. The second kappa shape index (κ2) is 7.32. The summed E-state index contributed by atoms with van der Waals surface area (Å²) in [6.45, 7) is 1.75. The number of rotatable bonds is 4. The van der Waals surface area contributed by atoms with Gasteiger partial charge in [0, 0.05) is 22.3 Å². The number of hydrogen-bond acceptors (Lipinski definition) is 3. The second-order valence-corrected chi connectivity index (χ2v) is 6.02. The van der Waals surface area contributed by atoms with Crippen LogP contribution in [0.3, 0.4) is 0 Å². The molecule has 3 aromatic rings. The van der Waals surface area contributed by atoms with E-state index in [9.17, 15) is 9.59 Å². The molecule has 0 bridgehead atoms. The number of para-hydroxylation sites is 1. The Kier molecular flexibility index (Phi) is 4.95. The van der Waals surface area contributed by atoms with E-state index < -0.39 is 0 Å². The van der Waals surface area contributed by atoms with Crippen molar-refractivity contribution < 1.29 is 4.79 Å². The first-order chi connectivity index (χ1) is 12.0. The van der Waals surface area contributed by atoms with E-state index in [0.717, 1.165) is 21.5 Å². The zero-order valence-electron chi connectivity index (χ0n) is 13.6. The lowest BCUT2D eigenvalue weighted by atomic mass is 10.1. The summed E-state index contributed by atoms with van der Waals surface area (Å²) in [6, 6.07) is 17.6. The normalized spacial score (nSPS) is 10.5. The molecular weight excluding hydrogens is 338 g/mol. The van der Waals surface area contributed by atoms with Crippen molar-refractivity contribution in [2.75, 3.05) is 5.32 Å². The van der Waals surface area contributed by atoms with Gasteiger partial charge in [0.25, 0.3) is 5.56 Å². The first-order valence-electron chi connectivity index (χ1n) is 7.72. The van der Waals surface area contributed by atoms with Gasteiger partial charge in [-0.3, -0.25) is 9.59 Å². The fourth-order valence-corrected chi connectivity index (χ4v) is 2.50. The highest BCUT2D eigenvalue weighted by Crippen LogP contribution is 2.18. The summed E-state index contributed by atoms with van der Waals surface area (Å²) < 4.78 is 1.15. The number of benzene rings is 2.